The molecule has 0 atom stereocenters. The number of nitrogens with one attached hydrogen (secondary N) is 1. The maximum absolute atomic E-state index is 12.7. The van der Waals surface area contributed by atoms with Crippen LogP contribution < -0.4 is 5.32 Å². The number of aromatic nitrogens is 2. The highest BCUT2D eigenvalue weighted by atomic mass is 32.1. The molecule has 3 heterocycles. The van der Waals surface area contributed by atoms with Gasteiger partial charge in [-0.25, -0.2) is 9.37 Å². The van der Waals surface area contributed by atoms with Crippen LogP contribution in [0.3, 0.4) is 0 Å². The van der Waals surface area contributed by atoms with Crippen molar-refractivity contribution in [3.63, 3.8) is 0 Å². The van der Waals surface area contributed by atoms with Gasteiger partial charge >= 0.3 is 0 Å². The fourth-order valence-electron chi connectivity index (χ4n) is 1.74. The average Bonchev–Trinajstić information content (AvgIpc) is 2.73. The summed E-state index contributed by atoms with van der Waals surface area (Å²) in [4.78, 5) is 9.86. The minimum atomic E-state index is -0.313. The second-order valence-corrected chi connectivity index (χ2v) is 4.76. The molecule has 3 rings (SSSR count). The van der Waals surface area contributed by atoms with Gasteiger partial charge in [0.1, 0.15) is 10.8 Å². The number of hydrogen-bond donors (Lipinski definition) is 1. The lowest BCUT2D eigenvalue weighted by Crippen LogP contribution is -2.22. The maximum atomic E-state index is 12.7. The number of pyridine rings is 1. The third-order valence-corrected chi connectivity index (χ3v) is 3.67. The van der Waals surface area contributed by atoms with Gasteiger partial charge in [-0.3, -0.25) is 4.98 Å². The van der Waals surface area contributed by atoms with Crippen LogP contribution in [0.4, 0.5) is 4.39 Å². The summed E-state index contributed by atoms with van der Waals surface area (Å²) in [5.41, 5.74) is 1.91. The summed E-state index contributed by atoms with van der Waals surface area (Å²) in [5.74, 6) is -0.313. The Labute approximate surface area is 96.4 Å². The van der Waals surface area contributed by atoms with Crippen molar-refractivity contribution in [2.75, 3.05) is 6.54 Å². The molecule has 1 N–H and O–H groups in total. The highest BCUT2D eigenvalue weighted by Gasteiger charge is 2.15. The van der Waals surface area contributed by atoms with Crippen LogP contribution in [0.1, 0.15) is 10.6 Å². The van der Waals surface area contributed by atoms with Gasteiger partial charge in [-0.15, -0.1) is 11.3 Å². The topological polar surface area (TPSA) is 37.8 Å². The van der Waals surface area contributed by atoms with Crippen LogP contribution in [0.15, 0.2) is 18.3 Å². The molecule has 0 radical (unpaired) electrons. The molecule has 0 spiro atoms. The molecular formula is C11H10FN3S. The van der Waals surface area contributed by atoms with Crippen LogP contribution in [-0.2, 0) is 13.0 Å². The molecular weight excluding hydrogens is 225 g/mol. The molecule has 2 aromatic heterocycles. The summed E-state index contributed by atoms with van der Waals surface area (Å²) in [7, 11) is 0. The Morgan fingerprint density at radius 1 is 1.38 bits per heavy atom. The smallest absolute Gasteiger partial charge is 0.142 e. The predicted molar refractivity (Wildman–Crippen MR) is 60.7 cm³/mol. The minimum Gasteiger partial charge on any atom is -0.311 e. The van der Waals surface area contributed by atoms with Crippen molar-refractivity contribution < 1.29 is 4.39 Å². The normalized spacial score (nSPS) is 14.8. The van der Waals surface area contributed by atoms with E-state index in [2.05, 4.69) is 15.3 Å². The number of fused-ring (bicyclic) bond motifs is 1. The quantitative estimate of drug-likeness (QED) is 0.821. The molecule has 0 saturated heterocycles. The van der Waals surface area contributed by atoms with E-state index in [9.17, 15) is 4.39 Å². The van der Waals surface area contributed by atoms with Crippen LogP contribution in [0.2, 0.25) is 0 Å². The van der Waals surface area contributed by atoms with Crippen molar-refractivity contribution in [3.8, 4) is 10.7 Å². The molecule has 82 valence electrons. The van der Waals surface area contributed by atoms with E-state index in [1.54, 1.807) is 17.4 Å². The van der Waals surface area contributed by atoms with Crippen molar-refractivity contribution in [3.05, 3.63) is 34.7 Å². The van der Waals surface area contributed by atoms with Crippen LogP contribution in [0.25, 0.3) is 10.7 Å². The number of nitrogens with zero attached hydrogens (tertiary/aromatic N) is 2. The molecule has 0 fully saturated rings. The average molecular weight is 235 g/mol. The first kappa shape index (κ1) is 9.86. The van der Waals surface area contributed by atoms with Crippen molar-refractivity contribution in [2.24, 2.45) is 0 Å². The van der Waals surface area contributed by atoms with E-state index >= 15 is 0 Å². The summed E-state index contributed by atoms with van der Waals surface area (Å²) in [6.07, 6.45) is 2.20. The van der Waals surface area contributed by atoms with Crippen molar-refractivity contribution in [2.45, 2.75) is 13.0 Å². The molecule has 1 aliphatic rings. The molecule has 1 aliphatic heterocycles. The number of halogens is 1. The summed E-state index contributed by atoms with van der Waals surface area (Å²) in [5, 5.41) is 4.19. The Kier molecular flexibility index (Phi) is 2.41. The Balaban J connectivity index is 2.00. The van der Waals surface area contributed by atoms with E-state index in [0.717, 1.165) is 35.9 Å². The summed E-state index contributed by atoms with van der Waals surface area (Å²) < 4.78 is 12.7. The highest BCUT2D eigenvalue weighted by molar-refractivity contribution is 7.15. The zero-order chi connectivity index (χ0) is 11.0. The van der Waals surface area contributed by atoms with E-state index in [4.69, 9.17) is 0 Å². The highest BCUT2D eigenvalue weighted by Crippen LogP contribution is 2.28. The predicted octanol–water partition coefficient (Wildman–Crippen LogP) is 1.99. The van der Waals surface area contributed by atoms with Crippen LogP contribution in [-0.4, -0.2) is 16.5 Å². The summed E-state index contributed by atoms with van der Waals surface area (Å²) >= 11 is 1.64. The first-order valence-corrected chi connectivity index (χ1v) is 5.96. The van der Waals surface area contributed by atoms with Crippen molar-refractivity contribution in [1.82, 2.24) is 15.3 Å². The lowest BCUT2D eigenvalue weighted by atomic mass is 10.2. The first-order chi connectivity index (χ1) is 7.83. The third kappa shape index (κ3) is 1.72. The van der Waals surface area contributed by atoms with E-state index < -0.39 is 0 Å². The van der Waals surface area contributed by atoms with E-state index in [1.807, 2.05) is 0 Å². The van der Waals surface area contributed by atoms with Crippen molar-refractivity contribution in [1.29, 1.82) is 0 Å². The van der Waals surface area contributed by atoms with Gasteiger partial charge in [0.25, 0.3) is 0 Å². The lowest BCUT2D eigenvalue weighted by molar-refractivity contribution is 0.622. The molecule has 0 bridgehead atoms. The molecule has 5 heteroatoms. The summed E-state index contributed by atoms with van der Waals surface area (Å²) in [6, 6.07) is 3.09. The maximum Gasteiger partial charge on any atom is 0.142 e. The van der Waals surface area contributed by atoms with Crippen LogP contribution >= 0.6 is 11.3 Å². The Hall–Kier alpha value is -1.33. The number of thiazole rings is 1. The van der Waals surface area contributed by atoms with E-state index in [-0.39, 0.29) is 5.82 Å². The minimum absolute atomic E-state index is 0.313. The fraction of sp³-hybridized carbons (Fsp3) is 0.273. The first-order valence-electron chi connectivity index (χ1n) is 5.14. The zero-order valence-electron chi connectivity index (χ0n) is 8.53. The second kappa shape index (κ2) is 3.92. The van der Waals surface area contributed by atoms with Gasteiger partial charge in [-0.05, 0) is 12.1 Å². The Bertz CT molecular complexity index is 483. The standard InChI is InChI=1S/C11H10FN3S/c12-7-1-2-9(14-5-7)11-15-8-3-4-13-6-10(8)16-11/h1-2,5,13H,3-4,6H2. The molecule has 0 saturated carbocycles. The zero-order valence-corrected chi connectivity index (χ0v) is 9.35. The van der Waals surface area contributed by atoms with Gasteiger partial charge in [-0.1, -0.05) is 0 Å². The second-order valence-electron chi connectivity index (χ2n) is 3.68. The van der Waals surface area contributed by atoms with Crippen LogP contribution in [0, 0.1) is 5.82 Å². The number of hydrogen-bond acceptors (Lipinski definition) is 4. The number of rotatable bonds is 1. The fourth-order valence-corrected chi connectivity index (χ4v) is 2.79. The van der Waals surface area contributed by atoms with E-state index in [1.165, 1.54) is 17.1 Å². The van der Waals surface area contributed by atoms with Crippen molar-refractivity contribution >= 4 is 11.3 Å². The monoisotopic (exact) mass is 235 g/mol. The van der Waals surface area contributed by atoms with E-state index in [0.29, 0.717) is 0 Å². The van der Waals surface area contributed by atoms with Gasteiger partial charge in [0.05, 0.1) is 17.6 Å². The SMILES string of the molecule is Fc1ccc(-c2nc3c(s2)CNCC3)nc1. The molecule has 3 nitrogen and oxygen atoms in total. The third-order valence-electron chi connectivity index (χ3n) is 2.55. The van der Waals surface area contributed by atoms with Gasteiger partial charge in [0, 0.05) is 24.4 Å². The summed E-state index contributed by atoms with van der Waals surface area (Å²) in [6.45, 7) is 1.86. The Morgan fingerprint density at radius 2 is 2.31 bits per heavy atom. The van der Waals surface area contributed by atoms with Gasteiger partial charge in [0.15, 0.2) is 0 Å². The molecule has 0 amide bonds. The largest absolute Gasteiger partial charge is 0.311 e. The van der Waals surface area contributed by atoms with Crippen LogP contribution in [0.5, 0.6) is 0 Å². The lowest BCUT2D eigenvalue weighted by Gasteiger charge is -2.09. The van der Waals surface area contributed by atoms with Gasteiger partial charge in [0.2, 0.25) is 0 Å². The molecule has 0 aromatic carbocycles. The Morgan fingerprint density at radius 3 is 3.06 bits per heavy atom. The molecule has 0 unspecified atom stereocenters. The van der Waals surface area contributed by atoms with Gasteiger partial charge in [-0.2, -0.15) is 0 Å². The molecule has 2 aromatic rings. The molecule has 16 heavy (non-hydrogen) atoms. The molecule has 0 aliphatic carbocycles. The van der Waals surface area contributed by atoms with Gasteiger partial charge < -0.3 is 5.32 Å².